The first kappa shape index (κ1) is 18.5. The summed E-state index contributed by atoms with van der Waals surface area (Å²) in [4.78, 5) is 33.4. The number of H-pyrrole nitrogens is 1. The van der Waals surface area contributed by atoms with Gasteiger partial charge in [-0.3, -0.25) is 9.59 Å². The standard InChI is InChI=1S/C17H18ClN5O2S/c1-3-22(4-2)14(24)10-26-17-20-15-13(16(25)21-17)9-19-23(15)12-7-5-11(18)6-8-12/h5-9H,3-4,10H2,1-2H3,(H,20,21,25). The van der Waals surface area contributed by atoms with E-state index in [0.29, 0.717) is 34.3 Å². The van der Waals surface area contributed by atoms with Gasteiger partial charge in [-0.1, -0.05) is 23.4 Å². The maximum absolute atomic E-state index is 12.3. The number of aromatic amines is 1. The molecule has 3 rings (SSSR count). The predicted molar refractivity (Wildman–Crippen MR) is 103 cm³/mol. The molecule has 0 unspecified atom stereocenters. The van der Waals surface area contributed by atoms with Gasteiger partial charge in [0.1, 0.15) is 5.39 Å². The van der Waals surface area contributed by atoms with Gasteiger partial charge in [-0.2, -0.15) is 5.10 Å². The molecule has 3 aromatic rings. The summed E-state index contributed by atoms with van der Waals surface area (Å²) in [5.74, 6) is 0.222. The lowest BCUT2D eigenvalue weighted by molar-refractivity contribution is -0.127. The Hall–Kier alpha value is -2.32. The number of amides is 1. The molecular formula is C17H18ClN5O2S. The molecule has 0 spiro atoms. The third-order valence-corrected chi connectivity index (χ3v) is 5.05. The van der Waals surface area contributed by atoms with E-state index in [9.17, 15) is 9.59 Å². The number of aromatic nitrogens is 4. The van der Waals surface area contributed by atoms with Crippen molar-refractivity contribution in [2.45, 2.75) is 19.0 Å². The van der Waals surface area contributed by atoms with Crippen LogP contribution >= 0.6 is 23.4 Å². The van der Waals surface area contributed by atoms with Crippen LogP contribution in [-0.2, 0) is 4.79 Å². The number of fused-ring (bicyclic) bond motifs is 1. The van der Waals surface area contributed by atoms with Crippen LogP contribution in [0.1, 0.15) is 13.8 Å². The smallest absolute Gasteiger partial charge is 0.262 e. The number of rotatable bonds is 6. The van der Waals surface area contributed by atoms with Crippen LogP contribution in [0.2, 0.25) is 5.02 Å². The van der Waals surface area contributed by atoms with Crippen LogP contribution in [0.3, 0.4) is 0 Å². The Bertz CT molecular complexity index is 979. The summed E-state index contributed by atoms with van der Waals surface area (Å²) in [6, 6.07) is 7.09. The molecule has 0 bridgehead atoms. The summed E-state index contributed by atoms with van der Waals surface area (Å²) in [5, 5.41) is 5.64. The van der Waals surface area contributed by atoms with Crippen LogP contribution in [0.25, 0.3) is 16.7 Å². The van der Waals surface area contributed by atoms with Crippen molar-refractivity contribution in [1.29, 1.82) is 0 Å². The third-order valence-electron chi connectivity index (χ3n) is 3.94. The minimum Gasteiger partial charge on any atom is -0.343 e. The molecule has 9 heteroatoms. The van der Waals surface area contributed by atoms with Gasteiger partial charge in [0.25, 0.3) is 5.56 Å². The van der Waals surface area contributed by atoms with Crippen molar-refractivity contribution >= 4 is 40.3 Å². The zero-order chi connectivity index (χ0) is 18.7. The van der Waals surface area contributed by atoms with Crippen molar-refractivity contribution in [2.75, 3.05) is 18.8 Å². The molecule has 2 heterocycles. The molecule has 0 radical (unpaired) electrons. The number of thioether (sulfide) groups is 1. The molecule has 0 atom stereocenters. The lowest BCUT2D eigenvalue weighted by Crippen LogP contribution is -2.32. The van der Waals surface area contributed by atoms with Crippen LogP contribution in [0.5, 0.6) is 0 Å². The Morgan fingerprint density at radius 1 is 1.27 bits per heavy atom. The summed E-state index contributed by atoms with van der Waals surface area (Å²) in [5.41, 5.74) is 0.902. The summed E-state index contributed by atoms with van der Waals surface area (Å²) < 4.78 is 1.58. The van der Waals surface area contributed by atoms with E-state index in [1.807, 2.05) is 13.8 Å². The van der Waals surface area contributed by atoms with Gasteiger partial charge in [0.2, 0.25) is 5.91 Å². The molecule has 0 aliphatic carbocycles. The van der Waals surface area contributed by atoms with Gasteiger partial charge in [0.15, 0.2) is 10.8 Å². The molecule has 0 aliphatic rings. The Morgan fingerprint density at radius 2 is 1.96 bits per heavy atom. The van der Waals surface area contributed by atoms with Crippen LogP contribution in [0.4, 0.5) is 0 Å². The van der Waals surface area contributed by atoms with Crippen molar-refractivity contribution in [3.8, 4) is 5.69 Å². The molecule has 1 N–H and O–H groups in total. The number of halogens is 1. The van der Waals surface area contributed by atoms with Crippen LogP contribution in [0.15, 0.2) is 40.4 Å². The summed E-state index contributed by atoms with van der Waals surface area (Å²) >= 11 is 7.13. The second kappa shape index (κ2) is 7.92. The van der Waals surface area contributed by atoms with Crippen LogP contribution in [0, 0.1) is 0 Å². The van der Waals surface area contributed by atoms with E-state index in [0.717, 1.165) is 5.69 Å². The number of benzene rings is 1. The Morgan fingerprint density at radius 3 is 2.62 bits per heavy atom. The lowest BCUT2D eigenvalue weighted by atomic mass is 10.3. The number of hydrogen-bond acceptors (Lipinski definition) is 5. The first-order chi connectivity index (χ1) is 12.5. The first-order valence-electron chi connectivity index (χ1n) is 8.18. The molecule has 7 nitrogen and oxygen atoms in total. The van der Waals surface area contributed by atoms with Gasteiger partial charge in [-0.25, -0.2) is 9.67 Å². The number of carbonyl (C=O) groups excluding carboxylic acids is 1. The number of hydrogen-bond donors (Lipinski definition) is 1. The summed E-state index contributed by atoms with van der Waals surface area (Å²) in [6.07, 6.45) is 1.48. The highest BCUT2D eigenvalue weighted by atomic mass is 35.5. The molecule has 136 valence electrons. The normalized spacial score (nSPS) is 11.0. The van der Waals surface area contributed by atoms with Crippen molar-refractivity contribution in [2.24, 2.45) is 0 Å². The van der Waals surface area contributed by atoms with E-state index >= 15 is 0 Å². The van der Waals surface area contributed by atoms with Crippen molar-refractivity contribution in [1.82, 2.24) is 24.6 Å². The SMILES string of the molecule is CCN(CC)C(=O)CSc1nc2c(cnn2-c2ccc(Cl)cc2)c(=O)[nH]1. The predicted octanol–water partition coefficient (Wildman–Crippen LogP) is 2.72. The molecule has 1 aromatic carbocycles. The Labute approximate surface area is 159 Å². The van der Waals surface area contributed by atoms with Crippen LogP contribution < -0.4 is 5.56 Å². The molecule has 0 fully saturated rings. The van der Waals surface area contributed by atoms with E-state index in [2.05, 4.69) is 15.1 Å². The highest BCUT2D eigenvalue weighted by Gasteiger charge is 2.14. The third kappa shape index (κ3) is 3.76. The zero-order valence-corrected chi connectivity index (χ0v) is 16.0. The second-order valence-electron chi connectivity index (χ2n) is 5.50. The minimum absolute atomic E-state index is 0.00829. The van der Waals surface area contributed by atoms with E-state index in [-0.39, 0.29) is 17.2 Å². The molecule has 0 aliphatic heterocycles. The molecular weight excluding hydrogens is 374 g/mol. The highest BCUT2D eigenvalue weighted by Crippen LogP contribution is 2.19. The van der Waals surface area contributed by atoms with E-state index in [4.69, 9.17) is 11.6 Å². The van der Waals surface area contributed by atoms with Gasteiger partial charge in [-0.05, 0) is 38.1 Å². The topological polar surface area (TPSA) is 83.9 Å². The fourth-order valence-corrected chi connectivity index (χ4v) is 3.42. The number of carbonyl (C=O) groups is 1. The number of nitrogens with zero attached hydrogens (tertiary/aromatic N) is 4. The first-order valence-corrected chi connectivity index (χ1v) is 9.54. The largest absolute Gasteiger partial charge is 0.343 e. The molecule has 26 heavy (non-hydrogen) atoms. The minimum atomic E-state index is -0.284. The van der Waals surface area contributed by atoms with Gasteiger partial charge in [-0.15, -0.1) is 0 Å². The summed E-state index contributed by atoms with van der Waals surface area (Å²) in [7, 11) is 0. The highest BCUT2D eigenvalue weighted by molar-refractivity contribution is 7.99. The van der Waals surface area contributed by atoms with E-state index in [1.54, 1.807) is 33.8 Å². The fourth-order valence-electron chi connectivity index (χ4n) is 2.54. The zero-order valence-electron chi connectivity index (χ0n) is 14.4. The summed E-state index contributed by atoms with van der Waals surface area (Å²) in [6.45, 7) is 5.18. The van der Waals surface area contributed by atoms with Gasteiger partial charge in [0, 0.05) is 18.1 Å². The van der Waals surface area contributed by atoms with Crippen LogP contribution in [-0.4, -0.2) is 49.4 Å². The van der Waals surface area contributed by atoms with Gasteiger partial charge in [0.05, 0.1) is 17.6 Å². The van der Waals surface area contributed by atoms with E-state index in [1.165, 1.54) is 18.0 Å². The van der Waals surface area contributed by atoms with Crippen molar-refractivity contribution in [3.05, 3.63) is 45.8 Å². The Balaban J connectivity index is 1.91. The molecule has 1 amide bonds. The van der Waals surface area contributed by atoms with E-state index < -0.39 is 0 Å². The molecule has 0 saturated heterocycles. The average molecular weight is 392 g/mol. The maximum Gasteiger partial charge on any atom is 0.262 e. The lowest BCUT2D eigenvalue weighted by Gasteiger charge is -2.17. The Kier molecular flexibility index (Phi) is 5.63. The van der Waals surface area contributed by atoms with Gasteiger partial charge >= 0.3 is 0 Å². The average Bonchev–Trinajstić information content (AvgIpc) is 3.06. The van der Waals surface area contributed by atoms with Crippen molar-refractivity contribution in [3.63, 3.8) is 0 Å². The fraction of sp³-hybridized carbons (Fsp3) is 0.294. The molecule has 0 saturated carbocycles. The molecule has 2 aromatic heterocycles. The van der Waals surface area contributed by atoms with Gasteiger partial charge < -0.3 is 9.88 Å². The second-order valence-corrected chi connectivity index (χ2v) is 6.90. The monoisotopic (exact) mass is 391 g/mol. The van der Waals surface area contributed by atoms with Crippen molar-refractivity contribution < 1.29 is 4.79 Å². The maximum atomic E-state index is 12.3. The number of nitrogens with one attached hydrogen (secondary N) is 1. The quantitative estimate of drug-likeness (QED) is 0.516.